The van der Waals surface area contributed by atoms with E-state index in [0.717, 1.165) is 12.1 Å². The Morgan fingerprint density at radius 1 is 1.00 bits per heavy atom. The summed E-state index contributed by atoms with van der Waals surface area (Å²) in [6.45, 7) is 1.58. The molecule has 24 heavy (non-hydrogen) atoms. The van der Waals surface area contributed by atoms with Crippen LogP contribution >= 0.6 is 0 Å². The van der Waals surface area contributed by atoms with Gasteiger partial charge in [0.25, 0.3) is 0 Å². The minimum atomic E-state index is -4.23. The van der Waals surface area contributed by atoms with Gasteiger partial charge in [0.2, 0.25) is 10.0 Å². The Kier molecular flexibility index (Phi) is 5.40. The summed E-state index contributed by atoms with van der Waals surface area (Å²) in [7, 11) is -1.29. The van der Waals surface area contributed by atoms with Crippen LogP contribution < -0.4 is 14.2 Å². The lowest BCUT2D eigenvalue weighted by Gasteiger charge is -2.17. The third kappa shape index (κ3) is 3.82. The molecule has 8 heteroatoms. The first-order valence-corrected chi connectivity index (χ1v) is 8.46. The summed E-state index contributed by atoms with van der Waals surface area (Å²) < 4.78 is 64.1. The van der Waals surface area contributed by atoms with Gasteiger partial charge < -0.3 is 9.47 Å². The third-order valence-electron chi connectivity index (χ3n) is 3.42. The highest BCUT2D eigenvalue weighted by atomic mass is 32.2. The smallest absolute Gasteiger partial charge is 0.244 e. The van der Waals surface area contributed by atoms with Gasteiger partial charge in [-0.3, -0.25) is 0 Å². The molecule has 1 atom stereocenters. The van der Waals surface area contributed by atoms with Gasteiger partial charge in [0.1, 0.15) is 16.5 Å². The van der Waals surface area contributed by atoms with E-state index in [2.05, 4.69) is 4.72 Å². The van der Waals surface area contributed by atoms with Crippen molar-refractivity contribution in [2.24, 2.45) is 0 Å². The SMILES string of the molecule is COc1ccc(C(C)NS(=O)(=O)c2cc(F)ccc2F)cc1OC. The second kappa shape index (κ2) is 7.14. The predicted octanol–water partition coefficient (Wildman–Crippen LogP) is 3.02. The van der Waals surface area contributed by atoms with Crippen molar-refractivity contribution in [2.45, 2.75) is 17.9 Å². The monoisotopic (exact) mass is 357 g/mol. The van der Waals surface area contributed by atoms with Crippen LogP contribution in [-0.4, -0.2) is 22.6 Å². The molecule has 0 aliphatic rings. The molecular formula is C16H17F2NO4S. The Bertz CT molecular complexity index is 840. The third-order valence-corrected chi connectivity index (χ3v) is 4.98. The lowest BCUT2D eigenvalue weighted by Crippen LogP contribution is -2.27. The number of sulfonamides is 1. The molecule has 1 N–H and O–H groups in total. The van der Waals surface area contributed by atoms with Crippen LogP contribution in [0.1, 0.15) is 18.5 Å². The number of halogens is 2. The fraction of sp³-hybridized carbons (Fsp3) is 0.250. The molecule has 0 aromatic heterocycles. The molecule has 1 unspecified atom stereocenters. The molecule has 5 nitrogen and oxygen atoms in total. The van der Waals surface area contributed by atoms with E-state index < -0.39 is 32.6 Å². The zero-order valence-electron chi connectivity index (χ0n) is 13.3. The lowest BCUT2D eigenvalue weighted by molar-refractivity contribution is 0.354. The number of hydrogen-bond donors (Lipinski definition) is 1. The van der Waals surface area contributed by atoms with Crippen LogP contribution in [0.4, 0.5) is 8.78 Å². The van der Waals surface area contributed by atoms with E-state index in [4.69, 9.17) is 9.47 Å². The van der Waals surface area contributed by atoms with Crippen molar-refractivity contribution in [3.05, 3.63) is 53.6 Å². The van der Waals surface area contributed by atoms with Crippen LogP contribution in [0.15, 0.2) is 41.3 Å². The van der Waals surface area contributed by atoms with Crippen LogP contribution in [0.3, 0.4) is 0 Å². The standard InChI is InChI=1S/C16H17F2NO4S/c1-10(11-4-7-14(22-2)15(8-11)23-3)19-24(20,21)16-9-12(17)5-6-13(16)18/h4-10,19H,1-3H3. The largest absolute Gasteiger partial charge is 0.493 e. The quantitative estimate of drug-likeness (QED) is 0.863. The molecule has 0 fully saturated rings. The minimum Gasteiger partial charge on any atom is -0.493 e. The molecule has 130 valence electrons. The Morgan fingerprint density at radius 3 is 2.29 bits per heavy atom. The molecule has 0 bridgehead atoms. The van der Waals surface area contributed by atoms with E-state index in [9.17, 15) is 17.2 Å². The number of rotatable bonds is 6. The van der Waals surface area contributed by atoms with Gasteiger partial charge in [-0.1, -0.05) is 6.07 Å². The van der Waals surface area contributed by atoms with Gasteiger partial charge in [0.15, 0.2) is 11.5 Å². The Balaban J connectivity index is 2.31. The van der Waals surface area contributed by atoms with Gasteiger partial charge in [-0.15, -0.1) is 0 Å². The first kappa shape index (κ1) is 18.2. The van der Waals surface area contributed by atoms with Gasteiger partial charge in [0, 0.05) is 6.04 Å². The highest BCUT2D eigenvalue weighted by Crippen LogP contribution is 2.30. The summed E-state index contributed by atoms with van der Waals surface area (Å²) in [5.74, 6) is -0.940. The maximum Gasteiger partial charge on any atom is 0.244 e. The van der Waals surface area contributed by atoms with Gasteiger partial charge in [-0.25, -0.2) is 21.9 Å². The molecule has 2 rings (SSSR count). The Hall–Kier alpha value is -2.19. The first-order valence-electron chi connectivity index (χ1n) is 6.98. The van der Waals surface area contributed by atoms with Gasteiger partial charge in [-0.2, -0.15) is 0 Å². The minimum absolute atomic E-state index is 0.429. The van der Waals surface area contributed by atoms with Gasteiger partial charge in [0.05, 0.1) is 14.2 Å². The van der Waals surface area contributed by atoms with E-state index in [-0.39, 0.29) is 0 Å². The Labute approximate surface area is 139 Å². The summed E-state index contributed by atoms with van der Waals surface area (Å²) in [5, 5.41) is 0. The van der Waals surface area contributed by atoms with Crippen molar-refractivity contribution < 1.29 is 26.7 Å². The van der Waals surface area contributed by atoms with Gasteiger partial charge >= 0.3 is 0 Å². The number of methoxy groups -OCH3 is 2. The molecule has 0 saturated carbocycles. The highest BCUT2D eigenvalue weighted by molar-refractivity contribution is 7.89. The fourth-order valence-corrected chi connectivity index (χ4v) is 3.49. The van der Waals surface area contributed by atoms with Crippen LogP contribution in [0.25, 0.3) is 0 Å². The topological polar surface area (TPSA) is 64.6 Å². The number of hydrogen-bond acceptors (Lipinski definition) is 4. The van der Waals surface area contributed by atoms with Crippen molar-refractivity contribution >= 4 is 10.0 Å². The molecule has 2 aromatic rings. The summed E-state index contributed by atoms with van der Waals surface area (Å²) >= 11 is 0. The van der Waals surface area contributed by atoms with E-state index >= 15 is 0 Å². The molecule has 0 heterocycles. The molecule has 0 aliphatic heterocycles. The van der Waals surface area contributed by atoms with E-state index in [1.54, 1.807) is 25.1 Å². The predicted molar refractivity (Wildman–Crippen MR) is 84.6 cm³/mol. The summed E-state index contributed by atoms with van der Waals surface area (Å²) in [5.41, 5.74) is 0.577. The maximum atomic E-state index is 13.7. The van der Waals surface area contributed by atoms with Crippen LogP contribution in [0.5, 0.6) is 11.5 Å². The zero-order valence-corrected chi connectivity index (χ0v) is 14.2. The molecule has 0 amide bonds. The van der Waals surface area contributed by atoms with Crippen LogP contribution in [0, 0.1) is 11.6 Å². The van der Waals surface area contributed by atoms with Crippen molar-refractivity contribution in [3.8, 4) is 11.5 Å². The van der Waals surface area contributed by atoms with Crippen molar-refractivity contribution in [3.63, 3.8) is 0 Å². The van der Waals surface area contributed by atoms with Crippen molar-refractivity contribution in [2.75, 3.05) is 14.2 Å². The average molecular weight is 357 g/mol. The fourth-order valence-electron chi connectivity index (χ4n) is 2.17. The first-order chi connectivity index (χ1) is 11.3. The van der Waals surface area contributed by atoms with Gasteiger partial charge in [-0.05, 0) is 42.8 Å². The second-order valence-corrected chi connectivity index (χ2v) is 6.71. The van der Waals surface area contributed by atoms with E-state index in [1.807, 2.05) is 0 Å². The van der Waals surface area contributed by atoms with Crippen LogP contribution in [-0.2, 0) is 10.0 Å². The lowest BCUT2D eigenvalue weighted by atomic mass is 10.1. The maximum absolute atomic E-state index is 13.7. The Morgan fingerprint density at radius 2 is 1.67 bits per heavy atom. The number of ether oxygens (including phenoxy) is 2. The van der Waals surface area contributed by atoms with E-state index in [1.165, 1.54) is 14.2 Å². The molecular weight excluding hydrogens is 340 g/mol. The summed E-state index contributed by atoms with van der Waals surface area (Å²) in [4.78, 5) is -0.741. The van der Waals surface area contributed by atoms with Crippen molar-refractivity contribution in [1.29, 1.82) is 0 Å². The molecule has 0 radical (unpaired) electrons. The highest BCUT2D eigenvalue weighted by Gasteiger charge is 2.23. The normalized spacial score (nSPS) is 12.7. The zero-order chi connectivity index (χ0) is 17.9. The summed E-state index contributed by atoms with van der Waals surface area (Å²) in [6.07, 6.45) is 0. The molecule has 2 aromatic carbocycles. The number of benzene rings is 2. The molecule has 0 saturated heterocycles. The van der Waals surface area contributed by atoms with Crippen molar-refractivity contribution in [1.82, 2.24) is 4.72 Å². The number of nitrogens with one attached hydrogen (secondary N) is 1. The molecule has 0 aliphatic carbocycles. The average Bonchev–Trinajstić information content (AvgIpc) is 2.55. The van der Waals surface area contributed by atoms with Crippen LogP contribution in [0.2, 0.25) is 0 Å². The van der Waals surface area contributed by atoms with E-state index in [0.29, 0.717) is 23.1 Å². The summed E-state index contributed by atoms with van der Waals surface area (Å²) in [6, 6.07) is 6.44. The molecule has 0 spiro atoms. The second-order valence-electron chi connectivity index (χ2n) is 5.03.